The van der Waals surface area contributed by atoms with Crippen molar-refractivity contribution < 1.29 is 0 Å². The molecule has 1 N–H and O–H groups in total. The third-order valence-corrected chi connectivity index (χ3v) is 5.08. The number of benzene rings is 1. The van der Waals surface area contributed by atoms with Gasteiger partial charge in [-0.3, -0.25) is 4.99 Å². The molecular formula is C19H25ClN4. The lowest BCUT2D eigenvalue weighted by Gasteiger charge is -2.25. The minimum Gasteiger partial charge on any atom is -0.355 e. The molecule has 1 saturated carbocycles. The molecule has 0 amide bonds. The molecule has 0 unspecified atom stereocenters. The minimum absolute atomic E-state index is 0.270. The van der Waals surface area contributed by atoms with E-state index in [4.69, 9.17) is 11.6 Å². The number of aromatic nitrogens is 1. The highest BCUT2D eigenvalue weighted by molar-refractivity contribution is 6.30. The van der Waals surface area contributed by atoms with E-state index in [1.54, 1.807) is 0 Å². The Labute approximate surface area is 149 Å². The van der Waals surface area contributed by atoms with E-state index in [1.165, 1.54) is 18.4 Å². The zero-order valence-corrected chi connectivity index (χ0v) is 15.3. The maximum absolute atomic E-state index is 6.07. The molecule has 0 radical (unpaired) electrons. The van der Waals surface area contributed by atoms with Crippen molar-refractivity contribution >= 4 is 17.6 Å². The van der Waals surface area contributed by atoms with Gasteiger partial charge in [-0.15, -0.1) is 0 Å². The fourth-order valence-electron chi connectivity index (χ4n) is 3.18. The minimum atomic E-state index is 0.270. The molecule has 1 aromatic carbocycles. The summed E-state index contributed by atoms with van der Waals surface area (Å²) in [5, 5.41) is 4.32. The lowest BCUT2D eigenvalue weighted by atomic mass is 9.96. The Kier molecular flexibility index (Phi) is 4.86. The van der Waals surface area contributed by atoms with Crippen LogP contribution in [0.4, 0.5) is 0 Å². The van der Waals surface area contributed by atoms with Gasteiger partial charge >= 0.3 is 0 Å². The summed E-state index contributed by atoms with van der Waals surface area (Å²) in [5.41, 5.74) is 2.85. The molecule has 5 heteroatoms. The van der Waals surface area contributed by atoms with Gasteiger partial charge in [-0.1, -0.05) is 41.9 Å². The van der Waals surface area contributed by atoms with Crippen LogP contribution in [0.3, 0.4) is 0 Å². The van der Waals surface area contributed by atoms with E-state index < -0.39 is 0 Å². The van der Waals surface area contributed by atoms with Crippen molar-refractivity contribution in [1.29, 1.82) is 0 Å². The highest BCUT2D eigenvalue weighted by Crippen LogP contribution is 2.47. The SMILES string of the molecule is CN=C(NCC1(c2ccccc2)CC1)N(C)Cc1cc(Cl)cn1C. The molecule has 0 atom stereocenters. The fourth-order valence-corrected chi connectivity index (χ4v) is 3.46. The number of nitrogens with zero attached hydrogens (tertiary/aromatic N) is 3. The standard InChI is InChI=1S/C19H25ClN4/c1-21-18(24(3)13-17-11-16(20)12-23(17)2)22-14-19(9-10-19)15-7-5-4-6-8-15/h4-8,11-12H,9-10,13-14H2,1-3H3,(H,21,22). The predicted molar refractivity (Wildman–Crippen MR) is 101 cm³/mol. The molecule has 0 spiro atoms. The summed E-state index contributed by atoms with van der Waals surface area (Å²) in [6.07, 6.45) is 4.39. The molecule has 2 aromatic rings. The van der Waals surface area contributed by atoms with E-state index in [2.05, 4.69) is 57.2 Å². The van der Waals surface area contributed by atoms with Gasteiger partial charge in [0.25, 0.3) is 0 Å². The van der Waals surface area contributed by atoms with Crippen molar-refractivity contribution in [3.8, 4) is 0 Å². The number of halogens is 1. The van der Waals surface area contributed by atoms with Gasteiger partial charge in [0.15, 0.2) is 5.96 Å². The van der Waals surface area contributed by atoms with Crippen molar-refractivity contribution in [3.63, 3.8) is 0 Å². The molecule has 128 valence electrons. The first kappa shape index (κ1) is 16.9. The smallest absolute Gasteiger partial charge is 0.193 e. The molecule has 1 aliphatic carbocycles. The molecule has 1 fully saturated rings. The summed E-state index contributed by atoms with van der Waals surface area (Å²) < 4.78 is 2.05. The van der Waals surface area contributed by atoms with Gasteiger partial charge in [-0.2, -0.15) is 0 Å². The van der Waals surface area contributed by atoms with Crippen molar-refractivity contribution in [2.24, 2.45) is 12.0 Å². The second kappa shape index (κ2) is 6.89. The first-order chi connectivity index (χ1) is 11.5. The Balaban J connectivity index is 1.62. The molecule has 24 heavy (non-hydrogen) atoms. The first-order valence-electron chi connectivity index (χ1n) is 8.32. The van der Waals surface area contributed by atoms with Crippen LogP contribution in [0.25, 0.3) is 0 Å². The average Bonchev–Trinajstić information content (AvgIpc) is 3.30. The van der Waals surface area contributed by atoms with Crippen molar-refractivity contribution in [1.82, 2.24) is 14.8 Å². The third-order valence-electron chi connectivity index (χ3n) is 4.87. The Bertz CT molecular complexity index is 716. The van der Waals surface area contributed by atoms with Crippen LogP contribution in [0.1, 0.15) is 24.1 Å². The van der Waals surface area contributed by atoms with Gasteiger partial charge in [-0.25, -0.2) is 0 Å². The van der Waals surface area contributed by atoms with Crippen LogP contribution in [0.2, 0.25) is 5.02 Å². The van der Waals surface area contributed by atoms with Crippen LogP contribution in [0, 0.1) is 0 Å². The number of hydrogen-bond acceptors (Lipinski definition) is 1. The number of guanidine groups is 1. The Morgan fingerprint density at radius 1 is 1.33 bits per heavy atom. The molecule has 1 aliphatic rings. The molecule has 3 rings (SSSR count). The van der Waals surface area contributed by atoms with Crippen LogP contribution >= 0.6 is 11.6 Å². The highest BCUT2D eigenvalue weighted by atomic mass is 35.5. The van der Waals surface area contributed by atoms with Crippen LogP contribution in [-0.4, -0.2) is 36.1 Å². The van der Waals surface area contributed by atoms with E-state index in [1.807, 2.05) is 26.4 Å². The van der Waals surface area contributed by atoms with Gasteiger partial charge in [0, 0.05) is 45.0 Å². The molecule has 0 bridgehead atoms. The van der Waals surface area contributed by atoms with Crippen molar-refractivity contribution in [2.45, 2.75) is 24.8 Å². The predicted octanol–water partition coefficient (Wildman–Crippen LogP) is 3.42. The van der Waals surface area contributed by atoms with E-state index in [0.717, 1.165) is 29.8 Å². The van der Waals surface area contributed by atoms with Gasteiger partial charge in [0.1, 0.15) is 0 Å². The van der Waals surface area contributed by atoms with E-state index >= 15 is 0 Å². The number of hydrogen-bond donors (Lipinski definition) is 1. The second-order valence-corrected chi connectivity index (χ2v) is 7.10. The average molecular weight is 345 g/mol. The third kappa shape index (κ3) is 3.59. The van der Waals surface area contributed by atoms with Crippen LogP contribution in [-0.2, 0) is 19.0 Å². The van der Waals surface area contributed by atoms with Gasteiger partial charge in [-0.05, 0) is 24.5 Å². The van der Waals surface area contributed by atoms with E-state index in [0.29, 0.717) is 0 Å². The Morgan fingerprint density at radius 3 is 2.58 bits per heavy atom. The Morgan fingerprint density at radius 2 is 2.04 bits per heavy atom. The number of rotatable bonds is 5. The summed E-state index contributed by atoms with van der Waals surface area (Å²) in [6, 6.07) is 12.8. The molecule has 0 saturated heterocycles. The topological polar surface area (TPSA) is 32.6 Å². The van der Waals surface area contributed by atoms with Crippen LogP contribution < -0.4 is 5.32 Å². The zero-order valence-electron chi connectivity index (χ0n) is 14.6. The summed E-state index contributed by atoms with van der Waals surface area (Å²) in [7, 11) is 5.90. The largest absolute Gasteiger partial charge is 0.355 e. The molecular weight excluding hydrogens is 320 g/mol. The maximum atomic E-state index is 6.07. The summed E-state index contributed by atoms with van der Waals surface area (Å²) in [6.45, 7) is 1.68. The van der Waals surface area contributed by atoms with Crippen molar-refractivity contribution in [3.05, 3.63) is 58.9 Å². The summed E-state index contributed by atoms with van der Waals surface area (Å²) in [5.74, 6) is 0.912. The van der Waals surface area contributed by atoms with Crippen molar-refractivity contribution in [2.75, 3.05) is 20.6 Å². The van der Waals surface area contributed by atoms with Crippen LogP contribution in [0.5, 0.6) is 0 Å². The van der Waals surface area contributed by atoms with Gasteiger partial charge < -0.3 is 14.8 Å². The molecule has 1 heterocycles. The van der Waals surface area contributed by atoms with E-state index in [-0.39, 0.29) is 5.41 Å². The first-order valence-corrected chi connectivity index (χ1v) is 8.70. The second-order valence-electron chi connectivity index (χ2n) is 6.66. The number of aliphatic imine (C=N–C) groups is 1. The molecule has 1 aromatic heterocycles. The number of aryl methyl sites for hydroxylation is 1. The van der Waals surface area contributed by atoms with Gasteiger partial charge in [0.2, 0.25) is 0 Å². The lowest BCUT2D eigenvalue weighted by Crippen LogP contribution is -2.42. The summed E-state index contributed by atoms with van der Waals surface area (Å²) in [4.78, 5) is 6.57. The normalized spacial score (nSPS) is 16.1. The zero-order chi connectivity index (χ0) is 17.2. The van der Waals surface area contributed by atoms with E-state index in [9.17, 15) is 0 Å². The number of nitrogens with one attached hydrogen (secondary N) is 1. The summed E-state index contributed by atoms with van der Waals surface area (Å²) >= 11 is 6.07. The monoisotopic (exact) mass is 344 g/mol. The lowest BCUT2D eigenvalue weighted by molar-refractivity contribution is 0.456. The maximum Gasteiger partial charge on any atom is 0.193 e. The molecule has 4 nitrogen and oxygen atoms in total. The quantitative estimate of drug-likeness (QED) is 0.666. The molecule has 0 aliphatic heterocycles. The fraction of sp³-hybridized carbons (Fsp3) is 0.421. The van der Waals surface area contributed by atoms with Gasteiger partial charge in [0.05, 0.1) is 11.6 Å². The highest BCUT2D eigenvalue weighted by Gasteiger charge is 2.44. The Hall–Kier alpha value is -1.94. The van der Waals surface area contributed by atoms with Crippen LogP contribution in [0.15, 0.2) is 47.6 Å².